The summed E-state index contributed by atoms with van der Waals surface area (Å²) in [6.07, 6.45) is 7.58. The molecule has 1 saturated heterocycles. The van der Waals surface area contributed by atoms with E-state index in [0.29, 0.717) is 11.8 Å². The van der Waals surface area contributed by atoms with Gasteiger partial charge in [-0.25, -0.2) is 0 Å². The predicted octanol–water partition coefficient (Wildman–Crippen LogP) is 5.97. The third-order valence-electron chi connectivity index (χ3n) is 5.33. The molecule has 0 radical (unpaired) electrons. The molecule has 162 valence electrons. The lowest BCUT2D eigenvalue weighted by atomic mass is 9.93. The molecule has 1 aliphatic rings. The molecule has 1 aliphatic heterocycles. The lowest BCUT2D eigenvalue weighted by Crippen LogP contribution is -2.32. The zero-order valence-electron chi connectivity index (χ0n) is 19.1. The van der Waals surface area contributed by atoms with E-state index < -0.39 is 0 Å². The van der Waals surface area contributed by atoms with Crippen molar-refractivity contribution in [1.82, 2.24) is 0 Å². The topological polar surface area (TPSA) is 36.9 Å². The van der Waals surface area contributed by atoms with Gasteiger partial charge in [-0.1, -0.05) is 20.8 Å². The van der Waals surface area contributed by atoms with Gasteiger partial charge >= 0.3 is 0 Å². The van der Waals surface area contributed by atoms with Crippen LogP contribution in [-0.4, -0.2) is 43.9 Å². The second-order valence-electron chi connectivity index (χ2n) is 9.92. The third kappa shape index (κ3) is 12.8. The zero-order valence-corrected chi connectivity index (χ0v) is 19.1. The van der Waals surface area contributed by atoms with Crippen LogP contribution < -0.4 is 0 Å². The minimum absolute atomic E-state index is 0.0106. The smallest absolute Gasteiger partial charge is 0.157 e. The molecule has 1 rings (SSSR count). The predicted molar refractivity (Wildman–Crippen MR) is 112 cm³/mol. The van der Waals surface area contributed by atoms with Gasteiger partial charge in [-0.2, -0.15) is 0 Å². The largest absolute Gasteiger partial charge is 0.376 e. The van der Waals surface area contributed by atoms with E-state index >= 15 is 0 Å². The molecule has 0 N–H and O–H groups in total. The van der Waals surface area contributed by atoms with Crippen molar-refractivity contribution >= 4 is 0 Å². The Balaban J connectivity index is 2.15. The van der Waals surface area contributed by atoms with Crippen LogP contribution in [0.3, 0.4) is 0 Å². The van der Waals surface area contributed by atoms with Gasteiger partial charge in [-0.3, -0.25) is 0 Å². The van der Waals surface area contributed by atoms with E-state index in [1.54, 1.807) is 0 Å². The number of ether oxygens (including phenoxy) is 4. The zero-order chi connectivity index (χ0) is 20.3. The molecule has 0 aromatic heterocycles. The molecule has 0 saturated carbocycles. The molecule has 0 amide bonds. The summed E-state index contributed by atoms with van der Waals surface area (Å²) in [4.78, 5) is 0. The molecule has 0 aliphatic carbocycles. The molecule has 2 unspecified atom stereocenters. The van der Waals surface area contributed by atoms with Crippen molar-refractivity contribution in [3.63, 3.8) is 0 Å². The Bertz CT molecular complexity index is 373. The lowest BCUT2D eigenvalue weighted by Gasteiger charge is -2.32. The maximum Gasteiger partial charge on any atom is 0.157 e. The average molecular weight is 387 g/mol. The van der Waals surface area contributed by atoms with Gasteiger partial charge in [0, 0.05) is 19.8 Å². The Morgan fingerprint density at radius 3 is 2.00 bits per heavy atom. The maximum atomic E-state index is 6.19. The standard InChI is InChI=1S/C23H46O4/c1-19(2)11-16-26-22(4,5)13-14-23(6,7)27-17-12-20(3)18-25-21-10-8-9-15-24-21/h19-21H,8-18H2,1-7H3. The van der Waals surface area contributed by atoms with E-state index in [1.165, 1.54) is 6.42 Å². The Morgan fingerprint density at radius 1 is 0.889 bits per heavy atom. The molecule has 0 spiro atoms. The first-order valence-electron chi connectivity index (χ1n) is 11.1. The summed E-state index contributed by atoms with van der Waals surface area (Å²) in [6, 6.07) is 0. The van der Waals surface area contributed by atoms with Crippen molar-refractivity contribution in [2.45, 2.75) is 111 Å². The highest BCUT2D eigenvalue weighted by Crippen LogP contribution is 2.26. The van der Waals surface area contributed by atoms with Crippen LogP contribution >= 0.6 is 0 Å². The van der Waals surface area contributed by atoms with Crippen molar-refractivity contribution < 1.29 is 18.9 Å². The second-order valence-corrected chi connectivity index (χ2v) is 9.92. The van der Waals surface area contributed by atoms with Crippen molar-refractivity contribution in [3.05, 3.63) is 0 Å². The molecule has 4 heteroatoms. The summed E-state index contributed by atoms with van der Waals surface area (Å²) in [7, 11) is 0. The number of hydrogen-bond acceptors (Lipinski definition) is 4. The third-order valence-corrected chi connectivity index (χ3v) is 5.33. The van der Waals surface area contributed by atoms with Crippen molar-refractivity contribution in [1.29, 1.82) is 0 Å². The second kappa shape index (κ2) is 12.4. The van der Waals surface area contributed by atoms with Crippen LogP contribution in [0.1, 0.15) is 93.4 Å². The molecular weight excluding hydrogens is 340 g/mol. The first kappa shape index (κ1) is 24.9. The normalized spacial score (nSPS) is 20.2. The van der Waals surface area contributed by atoms with E-state index in [0.717, 1.165) is 65.0 Å². The Labute approximate surface area is 168 Å². The van der Waals surface area contributed by atoms with E-state index in [9.17, 15) is 0 Å². The van der Waals surface area contributed by atoms with Crippen LogP contribution in [0.5, 0.6) is 0 Å². The maximum absolute atomic E-state index is 6.19. The summed E-state index contributed by atoms with van der Waals surface area (Å²) in [5.41, 5.74) is -0.206. The van der Waals surface area contributed by atoms with E-state index in [1.807, 2.05) is 0 Å². The fourth-order valence-electron chi connectivity index (χ4n) is 3.05. The molecule has 1 heterocycles. The van der Waals surface area contributed by atoms with Crippen LogP contribution in [-0.2, 0) is 18.9 Å². The number of rotatable bonds is 14. The SMILES string of the molecule is CC(C)CCOC(C)(C)CCC(C)(C)OCCC(C)COC1CCCCO1. The van der Waals surface area contributed by atoms with Crippen LogP contribution in [0, 0.1) is 11.8 Å². The molecule has 2 atom stereocenters. The lowest BCUT2D eigenvalue weighted by molar-refractivity contribution is -0.169. The van der Waals surface area contributed by atoms with Crippen LogP contribution in [0.15, 0.2) is 0 Å². The minimum Gasteiger partial charge on any atom is -0.376 e. The fraction of sp³-hybridized carbons (Fsp3) is 1.00. The molecule has 0 aromatic rings. The molecular formula is C23H46O4. The van der Waals surface area contributed by atoms with Gasteiger partial charge < -0.3 is 18.9 Å². The van der Waals surface area contributed by atoms with Crippen molar-refractivity contribution in [3.8, 4) is 0 Å². The number of hydrogen-bond donors (Lipinski definition) is 0. The van der Waals surface area contributed by atoms with Gasteiger partial charge in [0.15, 0.2) is 6.29 Å². The van der Waals surface area contributed by atoms with Crippen LogP contribution in [0.25, 0.3) is 0 Å². The highest BCUT2D eigenvalue weighted by atomic mass is 16.7. The van der Waals surface area contributed by atoms with E-state index in [2.05, 4.69) is 48.5 Å². The summed E-state index contributed by atoms with van der Waals surface area (Å²) in [5.74, 6) is 1.18. The first-order chi connectivity index (χ1) is 12.6. The quantitative estimate of drug-likeness (QED) is 0.368. The van der Waals surface area contributed by atoms with Gasteiger partial charge in [-0.05, 0) is 84.5 Å². The van der Waals surface area contributed by atoms with Gasteiger partial charge in [0.2, 0.25) is 0 Å². The van der Waals surface area contributed by atoms with Crippen LogP contribution in [0.2, 0.25) is 0 Å². The summed E-state index contributed by atoms with van der Waals surface area (Å²) in [5, 5.41) is 0. The van der Waals surface area contributed by atoms with Gasteiger partial charge in [-0.15, -0.1) is 0 Å². The summed E-state index contributed by atoms with van der Waals surface area (Å²) >= 11 is 0. The first-order valence-corrected chi connectivity index (χ1v) is 11.1. The minimum atomic E-state index is -0.119. The monoisotopic (exact) mass is 386 g/mol. The molecule has 0 aromatic carbocycles. The van der Waals surface area contributed by atoms with Gasteiger partial charge in [0.25, 0.3) is 0 Å². The Kier molecular flexibility index (Phi) is 11.4. The van der Waals surface area contributed by atoms with E-state index in [4.69, 9.17) is 18.9 Å². The molecule has 1 fully saturated rings. The Hall–Kier alpha value is -0.160. The molecule has 27 heavy (non-hydrogen) atoms. The van der Waals surface area contributed by atoms with Gasteiger partial charge in [0.05, 0.1) is 17.8 Å². The Morgan fingerprint density at radius 2 is 1.48 bits per heavy atom. The van der Waals surface area contributed by atoms with Crippen molar-refractivity contribution in [2.24, 2.45) is 11.8 Å². The molecule has 0 bridgehead atoms. The van der Waals surface area contributed by atoms with Gasteiger partial charge in [0.1, 0.15) is 0 Å². The fourth-order valence-corrected chi connectivity index (χ4v) is 3.05. The highest BCUT2D eigenvalue weighted by molar-refractivity contribution is 4.77. The van der Waals surface area contributed by atoms with E-state index in [-0.39, 0.29) is 17.5 Å². The van der Waals surface area contributed by atoms with Crippen LogP contribution in [0.4, 0.5) is 0 Å². The summed E-state index contributed by atoms with van der Waals surface area (Å²) in [6.45, 7) is 18.7. The molecule has 4 nitrogen and oxygen atoms in total. The summed E-state index contributed by atoms with van der Waals surface area (Å²) < 4.78 is 23.8. The van der Waals surface area contributed by atoms with Crippen molar-refractivity contribution in [2.75, 3.05) is 26.4 Å². The highest BCUT2D eigenvalue weighted by Gasteiger charge is 2.25. The average Bonchev–Trinajstić information content (AvgIpc) is 2.59.